The lowest BCUT2D eigenvalue weighted by Gasteiger charge is -2.31. The van der Waals surface area contributed by atoms with Crippen LogP contribution in [0.25, 0.3) is 10.9 Å². The zero-order valence-corrected chi connectivity index (χ0v) is 37.1. The molecule has 4 aromatic carbocycles. The second kappa shape index (κ2) is 22.4. The third-order valence-electron chi connectivity index (χ3n) is 11.6. The molecule has 0 spiro atoms. The van der Waals surface area contributed by atoms with E-state index in [1.54, 1.807) is 54.7 Å². The zero-order chi connectivity index (χ0) is 48.2. The van der Waals surface area contributed by atoms with Crippen molar-refractivity contribution in [3.8, 4) is 11.5 Å². The number of aromatic hydroxyl groups is 2. The normalized spacial score (nSPS) is 16.1. The molecule has 6 amide bonds. The third-order valence-corrected chi connectivity index (χ3v) is 11.6. The Bertz CT molecular complexity index is 2550. The van der Waals surface area contributed by atoms with E-state index in [2.05, 4.69) is 31.6 Å². The molecule has 1 fully saturated rings. The van der Waals surface area contributed by atoms with Crippen LogP contribution < -0.4 is 32.3 Å². The molecule has 67 heavy (non-hydrogen) atoms. The molecule has 1 aliphatic rings. The fraction of sp³-hybridized carbons (Fsp3) is 0.327. The number of nitrogens with zero attached hydrogens (tertiary/aromatic N) is 1. The van der Waals surface area contributed by atoms with Crippen molar-refractivity contribution in [3.63, 3.8) is 0 Å². The fourth-order valence-electron chi connectivity index (χ4n) is 7.93. The summed E-state index contributed by atoms with van der Waals surface area (Å²) in [6.45, 7) is 2.88. The Hall–Kier alpha value is -7.73. The van der Waals surface area contributed by atoms with E-state index >= 15 is 0 Å². The molecule has 0 aliphatic carbocycles. The van der Waals surface area contributed by atoms with E-state index in [0.717, 1.165) is 16.5 Å². The number of benzene rings is 4. The minimum absolute atomic E-state index is 0.0122. The van der Waals surface area contributed by atoms with E-state index in [0.29, 0.717) is 23.1 Å². The average molecular weight is 917 g/mol. The van der Waals surface area contributed by atoms with Crippen molar-refractivity contribution in [2.75, 3.05) is 6.54 Å². The maximum absolute atomic E-state index is 14.7. The summed E-state index contributed by atoms with van der Waals surface area (Å²) >= 11 is 0. The Balaban J connectivity index is 1.27. The number of hydrogen-bond acceptors (Lipinski definition) is 10. The number of likely N-dealkylation sites (tertiary alicyclic amines) is 1. The van der Waals surface area contributed by atoms with Gasteiger partial charge in [-0.3, -0.25) is 33.6 Å². The van der Waals surface area contributed by atoms with Crippen molar-refractivity contribution < 1.29 is 48.9 Å². The maximum atomic E-state index is 14.7. The van der Waals surface area contributed by atoms with E-state index in [4.69, 9.17) is 5.73 Å². The van der Waals surface area contributed by atoms with Gasteiger partial charge in [0.1, 0.15) is 47.8 Å². The van der Waals surface area contributed by atoms with E-state index in [9.17, 15) is 48.9 Å². The van der Waals surface area contributed by atoms with Crippen molar-refractivity contribution in [3.05, 3.63) is 132 Å². The molecule has 7 atom stereocenters. The molecule has 0 unspecified atom stereocenters. The predicted molar refractivity (Wildman–Crippen MR) is 247 cm³/mol. The molecule has 2 heterocycles. The van der Waals surface area contributed by atoms with Gasteiger partial charge in [-0.2, -0.15) is 0 Å². The summed E-state index contributed by atoms with van der Waals surface area (Å²) in [6.07, 6.45) is 2.19. The summed E-state index contributed by atoms with van der Waals surface area (Å²) in [6, 6.07) is 19.9. The highest BCUT2D eigenvalue weighted by atomic mass is 16.4. The number of carboxylic acids is 1. The first-order valence-electron chi connectivity index (χ1n) is 22.0. The first kappa shape index (κ1) is 48.7. The van der Waals surface area contributed by atoms with Crippen molar-refractivity contribution in [1.29, 1.82) is 0 Å². The smallest absolute Gasteiger partial charge is 0.325 e. The van der Waals surface area contributed by atoms with E-state index in [1.165, 1.54) is 43.0 Å². The fourth-order valence-corrected chi connectivity index (χ4v) is 7.93. The second-order valence-electron chi connectivity index (χ2n) is 16.8. The largest absolute Gasteiger partial charge is 0.508 e. The highest BCUT2D eigenvalue weighted by molar-refractivity contribution is 5.98. The summed E-state index contributed by atoms with van der Waals surface area (Å²) < 4.78 is 0. The van der Waals surface area contributed by atoms with Gasteiger partial charge < -0.3 is 57.5 Å². The van der Waals surface area contributed by atoms with E-state index in [1.807, 2.05) is 30.3 Å². The number of carbonyl (C=O) groups excluding carboxylic acids is 6. The van der Waals surface area contributed by atoms with Gasteiger partial charge in [0, 0.05) is 49.3 Å². The number of rotatable bonds is 20. The van der Waals surface area contributed by atoms with E-state index in [-0.39, 0.29) is 50.1 Å². The van der Waals surface area contributed by atoms with Gasteiger partial charge in [-0.25, -0.2) is 0 Å². The number of aromatic nitrogens is 1. The molecule has 0 bridgehead atoms. The Morgan fingerprint density at radius 2 is 1.12 bits per heavy atom. The molecule has 352 valence electrons. The first-order chi connectivity index (χ1) is 32.1. The third kappa shape index (κ3) is 13.2. The van der Waals surface area contributed by atoms with Gasteiger partial charge in [0.05, 0.1) is 6.04 Å². The minimum atomic E-state index is -1.32. The number of carbonyl (C=O) groups is 7. The topological polar surface area (TPSA) is 285 Å². The van der Waals surface area contributed by atoms with Crippen molar-refractivity contribution in [1.82, 2.24) is 36.5 Å². The second-order valence-corrected chi connectivity index (χ2v) is 16.8. The molecule has 6 rings (SSSR count). The number of amides is 6. The number of carboxylic acid groups (broad SMARTS) is 1. The number of aromatic amines is 1. The predicted octanol–water partition coefficient (Wildman–Crippen LogP) is 1.72. The van der Waals surface area contributed by atoms with Crippen molar-refractivity contribution in [2.45, 2.75) is 94.7 Å². The summed E-state index contributed by atoms with van der Waals surface area (Å²) in [5.74, 6) is -5.44. The van der Waals surface area contributed by atoms with Gasteiger partial charge in [0.2, 0.25) is 35.4 Å². The molecule has 18 nitrogen and oxygen atoms in total. The summed E-state index contributed by atoms with van der Waals surface area (Å²) in [5.41, 5.74) is 9.13. The number of para-hydroxylation sites is 1. The number of hydrogen-bond donors (Lipinski definition) is 10. The molecular formula is C49H56N8O10. The van der Waals surface area contributed by atoms with Crippen LogP contribution in [0.15, 0.2) is 109 Å². The zero-order valence-electron chi connectivity index (χ0n) is 37.1. The summed E-state index contributed by atoms with van der Waals surface area (Å²) in [7, 11) is 0. The van der Waals surface area contributed by atoms with Crippen LogP contribution in [0.3, 0.4) is 0 Å². The minimum Gasteiger partial charge on any atom is -0.508 e. The number of aliphatic carboxylic acids is 1. The van der Waals surface area contributed by atoms with Crippen LogP contribution in [0, 0.1) is 0 Å². The van der Waals surface area contributed by atoms with Gasteiger partial charge in [-0.15, -0.1) is 0 Å². The van der Waals surface area contributed by atoms with Gasteiger partial charge in [0.25, 0.3) is 0 Å². The van der Waals surface area contributed by atoms with E-state index < -0.39 is 83.7 Å². The van der Waals surface area contributed by atoms with Gasteiger partial charge in [-0.05, 0) is 79.3 Å². The SMILES string of the molecule is C[C@H](N)C(=O)N[C@@H](Cc1ccccc1)C(=O)N[C@@H](Cc1ccc(O)cc1)C(=O)N1CCC[C@H]1C(=O)N[C@@H](Cc1c[nH]c2ccccc12)C(=O)N[C@@H](Cc1ccc(O)cc1)C(=O)N[C@@H](C)C(=O)O. The molecule has 1 saturated heterocycles. The van der Waals surface area contributed by atoms with Crippen molar-refractivity contribution in [2.24, 2.45) is 5.73 Å². The highest BCUT2D eigenvalue weighted by Gasteiger charge is 2.40. The van der Waals surface area contributed by atoms with Crippen molar-refractivity contribution >= 4 is 52.3 Å². The molecule has 0 radical (unpaired) electrons. The number of nitrogens with two attached hydrogens (primary N) is 1. The average Bonchev–Trinajstić information content (AvgIpc) is 3.97. The summed E-state index contributed by atoms with van der Waals surface area (Å²) in [5, 5.41) is 43.6. The first-order valence-corrected chi connectivity index (χ1v) is 22.0. The van der Waals surface area contributed by atoms with Crippen LogP contribution in [0.5, 0.6) is 11.5 Å². The Labute approximate surface area is 386 Å². The maximum Gasteiger partial charge on any atom is 0.325 e. The van der Waals surface area contributed by atoms with Crippen LogP contribution in [-0.2, 0) is 59.2 Å². The summed E-state index contributed by atoms with van der Waals surface area (Å²) in [4.78, 5) is 101. The number of phenolic OH excluding ortho intramolecular Hbond substituents is 2. The molecule has 0 saturated carbocycles. The molecule has 5 aromatic rings. The lowest BCUT2D eigenvalue weighted by Crippen LogP contribution is -2.60. The van der Waals surface area contributed by atoms with Gasteiger partial charge in [-0.1, -0.05) is 72.8 Å². The Kier molecular flexibility index (Phi) is 16.3. The quantitative estimate of drug-likeness (QED) is 0.0537. The number of nitrogens with one attached hydrogen (secondary N) is 6. The van der Waals surface area contributed by atoms with Crippen LogP contribution in [0.2, 0.25) is 0 Å². The highest BCUT2D eigenvalue weighted by Crippen LogP contribution is 2.23. The van der Waals surface area contributed by atoms with Crippen LogP contribution in [0.1, 0.15) is 48.9 Å². The number of fused-ring (bicyclic) bond motifs is 1. The Morgan fingerprint density at radius 3 is 1.70 bits per heavy atom. The van der Waals surface area contributed by atoms with Gasteiger partial charge >= 0.3 is 5.97 Å². The standard InChI is InChI=1S/C49H56N8O10/c1-28(50)43(60)53-39(23-30-9-4-3-5-10-30)45(62)56-41(25-32-16-20-35(59)21-17-32)48(65)57-22-8-13-42(57)47(64)55-40(26-33-27-51-37-12-7-6-11-36(33)37)46(63)54-38(44(61)52-29(2)49(66)67)24-31-14-18-34(58)19-15-31/h3-7,9-12,14-21,27-29,38-42,51,58-59H,8,13,22-26,50H2,1-2H3,(H,52,61)(H,53,60)(H,54,63)(H,55,64)(H,56,62)(H,66,67)/t28-,29-,38-,39-,40-,41-,42-/m0/s1. The molecule has 1 aliphatic heterocycles. The van der Waals surface area contributed by atoms with Crippen LogP contribution >= 0.6 is 0 Å². The van der Waals surface area contributed by atoms with Crippen LogP contribution in [-0.4, -0.2) is 115 Å². The monoisotopic (exact) mass is 916 g/mol. The van der Waals surface area contributed by atoms with Gasteiger partial charge in [0.15, 0.2) is 0 Å². The lowest BCUT2D eigenvalue weighted by molar-refractivity contribution is -0.142. The molecule has 1 aromatic heterocycles. The Morgan fingerprint density at radius 1 is 0.627 bits per heavy atom. The molecule has 11 N–H and O–H groups in total. The number of phenols is 2. The molecular weight excluding hydrogens is 861 g/mol. The molecule has 18 heteroatoms. The number of H-pyrrole nitrogens is 1. The lowest BCUT2D eigenvalue weighted by atomic mass is 10.0. The van der Waals surface area contributed by atoms with Crippen LogP contribution in [0.4, 0.5) is 0 Å².